The Morgan fingerprint density at radius 1 is 1.28 bits per heavy atom. The SMILES string of the molecule is CC1CNC(C2CC2)CN1c1cccc(F)c1F. The Kier molecular flexibility index (Phi) is 2.98. The lowest BCUT2D eigenvalue weighted by molar-refractivity contribution is 0.371. The monoisotopic (exact) mass is 252 g/mol. The van der Waals surface area contributed by atoms with Crippen LogP contribution >= 0.6 is 0 Å². The minimum atomic E-state index is -0.763. The van der Waals surface area contributed by atoms with Crippen LogP contribution in [0.2, 0.25) is 0 Å². The van der Waals surface area contributed by atoms with Crippen LogP contribution in [0.5, 0.6) is 0 Å². The fourth-order valence-electron chi connectivity index (χ4n) is 2.75. The standard InChI is InChI=1S/C14H18F2N2/c1-9-7-17-12(10-5-6-10)8-18(9)13-4-2-3-11(15)14(13)16/h2-4,9-10,12,17H,5-8H2,1H3. The minimum absolute atomic E-state index is 0.191. The summed E-state index contributed by atoms with van der Waals surface area (Å²) in [6, 6.07) is 5.03. The van der Waals surface area contributed by atoms with Crippen LogP contribution in [0.3, 0.4) is 0 Å². The molecule has 0 spiro atoms. The van der Waals surface area contributed by atoms with Gasteiger partial charge in [0.25, 0.3) is 0 Å². The van der Waals surface area contributed by atoms with Gasteiger partial charge in [0, 0.05) is 25.2 Å². The number of nitrogens with zero attached hydrogens (tertiary/aromatic N) is 1. The molecular formula is C14H18F2N2. The summed E-state index contributed by atoms with van der Waals surface area (Å²) in [7, 11) is 0. The molecule has 18 heavy (non-hydrogen) atoms. The van der Waals surface area contributed by atoms with Gasteiger partial charge in [0.1, 0.15) is 0 Å². The average molecular weight is 252 g/mol. The van der Waals surface area contributed by atoms with E-state index in [4.69, 9.17) is 0 Å². The first kappa shape index (κ1) is 11.9. The van der Waals surface area contributed by atoms with Crippen molar-refractivity contribution in [3.8, 4) is 0 Å². The van der Waals surface area contributed by atoms with Crippen LogP contribution < -0.4 is 10.2 Å². The van der Waals surface area contributed by atoms with Crippen LogP contribution in [-0.4, -0.2) is 25.2 Å². The Bertz CT molecular complexity index is 445. The van der Waals surface area contributed by atoms with E-state index in [9.17, 15) is 8.78 Å². The van der Waals surface area contributed by atoms with Crippen molar-refractivity contribution in [1.82, 2.24) is 5.32 Å². The van der Waals surface area contributed by atoms with Crippen molar-refractivity contribution in [2.45, 2.75) is 31.8 Å². The van der Waals surface area contributed by atoms with E-state index in [0.717, 1.165) is 19.0 Å². The molecule has 2 atom stereocenters. The number of halogens is 2. The molecule has 1 aliphatic heterocycles. The third-order valence-electron chi connectivity index (χ3n) is 4.03. The Labute approximate surface area is 106 Å². The third kappa shape index (κ3) is 2.09. The van der Waals surface area contributed by atoms with Crippen LogP contribution in [0.1, 0.15) is 19.8 Å². The number of benzene rings is 1. The maximum Gasteiger partial charge on any atom is 0.182 e. The highest BCUT2D eigenvalue weighted by molar-refractivity contribution is 5.50. The third-order valence-corrected chi connectivity index (χ3v) is 4.03. The fourth-order valence-corrected chi connectivity index (χ4v) is 2.75. The zero-order valence-corrected chi connectivity index (χ0v) is 10.5. The second kappa shape index (κ2) is 4.50. The molecule has 1 N–H and O–H groups in total. The fraction of sp³-hybridized carbons (Fsp3) is 0.571. The highest BCUT2D eigenvalue weighted by atomic mass is 19.2. The van der Waals surface area contributed by atoms with Gasteiger partial charge in [0.15, 0.2) is 11.6 Å². The molecule has 1 aromatic rings. The Morgan fingerprint density at radius 2 is 2.06 bits per heavy atom. The second-order valence-electron chi connectivity index (χ2n) is 5.43. The van der Waals surface area contributed by atoms with Crippen LogP contribution in [0.25, 0.3) is 0 Å². The number of piperazine rings is 1. The van der Waals surface area contributed by atoms with Gasteiger partial charge in [-0.1, -0.05) is 6.07 Å². The van der Waals surface area contributed by atoms with E-state index in [2.05, 4.69) is 5.32 Å². The topological polar surface area (TPSA) is 15.3 Å². The molecule has 0 aromatic heterocycles. The van der Waals surface area contributed by atoms with Gasteiger partial charge >= 0.3 is 0 Å². The summed E-state index contributed by atoms with van der Waals surface area (Å²) in [5, 5.41) is 3.51. The average Bonchev–Trinajstić information content (AvgIpc) is 3.18. The predicted octanol–water partition coefficient (Wildman–Crippen LogP) is 2.54. The van der Waals surface area contributed by atoms with Crippen molar-refractivity contribution < 1.29 is 8.78 Å². The van der Waals surface area contributed by atoms with E-state index >= 15 is 0 Å². The quantitative estimate of drug-likeness (QED) is 0.870. The number of rotatable bonds is 2. The van der Waals surface area contributed by atoms with Gasteiger partial charge in [-0.3, -0.25) is 0 Å². The molecule has 1 heterocycles. The van der Waals surface area contributed by atoms with Crippen LogP contribution in [0.15, 0.2) is 18.2 Å². The molecule has 1 aromatic carbocycles. The second-order valence-corrected chi connectivity index (χ2v) is 5.43. The summed E-state index contributed by atoms with van der Waals surface area (Å²) < 4.78 is 27.2. The summed E-state index contributed by atoms with van der Waals surface area (Å²) in [6.07, 6.45) is 2.51. The maximum atomic E-state index is 13.9. The van der Waals surface area contributed by atoms with Gasteiger partial charge in [-0.25, -0.2) is 8.78 Å². The smallest absolute Gasteiger partial charge is 0.182 e. The highest BCUT2D eigenvalue weighted by Crippen LogP contribution is 2.35. The van der Waals surface area contributed by atoms with Crippen LogP contribution in [-0.2, 0) is 0 Å². The molecular weight excluding hydrogens is 234 g/mol. The number of anilines is 1. The first-order chi connectivity index (χ1) is 8.66. The van der Waals surface area contributed by atoms with Gasteiger partial charge in [-0.15, -0.1) is 0 Å². The lowest BCUT2D eigenvalue weighted by atomic mass is 10.0. The molecule has 2 aliphatic rings. The largest absolute Gasteiger partial charge is 0.364 e. The van der Waals surface area contributed by atoms with Crippen LogP contribution in [0.4, 0.5) is 14.5 Å². The summed E-state index contributed by atoms with van der Waals surface area (Å²) in [5.41, 5.74) is 0.398. The molecule has 2 nitrogen and oxygen atoms in total. The zero-order chi connectivity index (χ0) is 12.7. The van der Waals surface area contributed by atoms with E-state index in [1.807, 2.05) is 11.8 Å². The highest BCUT2D eigenvalue weighted by Gasteiger charge is 2.36. The molecule has 1 aliphatic carbocycles. The van der Waals surface area contributed by atoms with Gasteiger partial charge < -0.3 is 10.2 Å². The van der Waals surface area contributed by atoms with Crippen molar-refractivity contribution in [3.63, 3.8) is 0 Å². The maximum absolute atomic E-state index is 13.9. The van der Waals surface area contributed by atoms with Gasteiger partial charge in [-0.2, -0.15) is 0 Å². The molecule has 0 radical (unpaired) electrons. The molecule has 98 valence electrons. The molecule has 1 saturated heterocycles. The van der Waals surface area contributed by atoms with Crippen molar-refractivity contribution in [2.24, 2.45) is 5.92 Å². The van der Waals surface area contributed by atoms with E-state index in [-0.39, 0.29) is 6.04 Å². The molecule has 3 rings (SSSR count). The predicted molar refractivity (Wildman–Crippen MR) is 67.7 cm³/mol. The minimum Gasteiger partial charge on any atom is -0.364 e. The Morgan fingerprint density at radius 3 is 2.78 bits per heavy atom. The van der Waals surface area contributed by atoms with Gasteiger partial charge in [-0.05, 0) is 37.8 Å². The summed E-state index contributed by atoms with van der Waals surface area (Å²) in [4.78, 5) is 2.00. The molecule has 0 bridgehead atoms. The van der Waals surface area contributed by atoms with Crippen molar-refractivity contribution in [2.75, 3.05) is 18.0 Å². The van der Waals surface area contributed by atoms with E-state index in [0.29, 0.717) is 11.7 Å². The van der Waals surface area contributed by atoms with Crippen LogP contribution in [0, 0.1) is 17.6 Å². The lowest BCUT2D eigenvalue weighted by Gasteiger charge is -2.40. The molecule has 2 unspecified atom stereocenters. The molecule has 4 heteroatoms. The Balaban J connectivity index is 1.86. The zero-order valence-electron chi connectivity index (χ0n) is 10.5. The van der Waals surface area contributed by atoms with Crippen molar-refractivity contribution in [3.05, 3.63) is 29.8 Å². The van der Waals surface area contributed by atoms with E-state index in [1.165, 1.54) is 18.9 Å². The summed E-state index contributed by atoms with van der Waals surface area (Å²) in [5.74, 6) is -0.765. The van der Waals surface area contributed by atoms with Gasteiger partial charge in [0.2, 0.25) is 0 Å². The summed E-state index contributed by atoms with van der Waals surface area (Å²) >= 11 is 0. The number of nitrogens with one attached hydrogen (secondary N) is 1. The first-order valence-electron chi connectivity index (χ1n) is 6.61. The van der Waals surface area contributed by atoms with Crippen molar-refractivity contribution >= 4 is 5.69 Å². The number of hydrogen-bond donors (Lipinski definition) is 1. The van der Waals surface area contributed by atoms with E-state index in [1.54, 1.807) is 12.1 Å². The van der Waals surface area contributed by atoms with E-state index < -0.39 is 11.6 Å². The van der Waals surface area contributed by atoms with Gasteiger partial charge in [0.05, 0.1) is 5.69 Å². The molecule has 1 saturated carbocycles. The first-order valence-corrected chi connectivity index (χ1v) is 6.61. The normalized spacial score (nSPS) is 28.5. The van der Waals surface area contributed by atoms with Crippen molar-refractivity contribution in [1.29, 1.82) is 0 Å². The lowest BCUT2D eigenvalue weighted by Crippen LogP contribution is -2.56. The number of hydrogen-bond acceptors (Lipinski definition) is 2. The Hall–Kier alpha value is -1.16. The molecule has 0 amide bonds. The molecule has 2 fully saturated rings. The summed E-state index contributed by atoms with van der Waals surface area (Å²) in [6.45, 7) is 3.64.